The van der Waals surface area contributed by atoms with Crippen molar-refractivity contribution in [2.24, 2.45) is 5.14 Å². The van der Waals surface area contributed by atoms with Crippen molar-refractivity contribution in [2.75, 3.05) is 18.5 Å². The molecule has 11 nitrogen and oxygen atoms in total. The monoisotopic (exact) mass is 459 g/mol. The number of nitrogens with zero attached hydrogens (tertiary/aromatic N) is 1. The third kappa shape index (κ3) is 5.68. The molecular formula is C20H21N5O6S. The third-order valence-electron chi connectivity index (χ3n) is 4.44. The summed E-state index contributed by atoms with van der Waals surface area (Å²) in [5.74, 6) is -1.80. The second kappa shape index (κ2) is 9.58. The summed E-state index contributed by atoms with van der Waals surface area (Å²) in [4.78, 5) is 35.9. The lowest BCUT2D eigenvalue weighted by atomic mass is 10.2. The first kappa shape index (κ1) is 22.9. The van der Waals surface area contributed by atoms with E-state index >= 15 is 0 Å². The van der Waals surface area contributed by atoms with Crippen molar-refractivity contribution >= 4 is 44.4 Å². The normalized spacial score (nSPS) is 11.2. The minimum atomic E-state index is -3.94. The first-order valence-electron chi connectivity index (χ1n) is 9.45. The summed E-state index contributed by atoms with van der Waals surface area (Å²) < 4.78 is 28.0. The summed E-state index contributed by atoms with van der Waals surface area (Å²) in [5.41, 5.74) is 1.55. The van der Waals surface area contributed by atoms with Gasteiger partial charge in [-0.05, 0) is 30.7 Å². The van der Waals surface area contributed by atoms with Gasteiger partial charge in [-0.1, -0.05) is 24.3 Å². The third-order valence-corrected chi connectivity index (χ3v) is 5.50. The van der Waals surface area contributed by atoms with Crippen molar-refractivity contribution in [3.8, 4) is 0 Å². The number of esters is 1. The molecular weight excluding hydrogens is 438 g/mol. The van der Waals surface area contributed by atoms with Gasteiger partial charge in [0.15, 0.2) is 12.3 Å². The number of amides is 2. The number of hydrogen-bond acceptors (Lipinski definition) is 7. The number of ether oxygens (including phenoxy) is 1. The van der Waals surface area contributed by atoms with Gasteiger partial charge < -0.3 is 15.4 Å². The largest absolute Gasteiger partial charge is 0.456 e. The van der Waals surface area contributed by atoms with Gasteiger partial charge in [0.25, 0.3) is 11.8 Å². The lowest BCUT2D eigenvalue weighted by Gasteiger charge is -2.09. The maximum Gasteiger partial charge on any atom is 0.308 e. The second-order valence-corrected chi connectivity index (χ2v) is 8.39. The van der Waals surface area contributed by atoms with Crippen LogP contribution >= 0.6 is 0 Å². The Morgan fingerprint density at radius 3 is 2.66 bits per heavy atom. The number of benzene rings is 2. The molecule has 12 heteroatoms. The molecule has 0 atom stereocenters. The van der Waals surface area contributed by atoms with Gasteiger partial charge in [-0.15, -0.1) is 0 Å². The van der Waals surface area contributed by atoms with Crippen LogP contribution in [0.5, 0.6) is 0 Å². The zero-order chi connectivity index (χ0) is 23.3. The van der Waals surface area contributed by atoms with Crippen LogP contribution in [0.1, 0.15) is 22.5 Å². The number of carbonyl (C=O) groups excluding carboxylic acids is 3. The summed E-state index contributed by atoms with van der Waals surface area (Å²) >= 11 is 0. The van der Waals surface area contributed by atoms with E-state index in [1.54, 1.807) is 25.1 Å². The molecule has 0 saturated carbocycles. The Morgan fingerprint density at radius 2 is 1.91 bits per heavy atom. The molecule has 2 amide bonds. The number of carbonyl (C=O) groups is 3. The summed E-state index contributed by atoms with van der Waals surface area (Å²) in [6, 6.07) is 11.3. The first-order chi connectivity index (χ1) is 15.1. The van der Waals surface area contributed by atoms with E-state index in [0.717, 1.165) is 0 Å². The van der Waals surface area contributed by atoms with Gasteiger partial charge in [0.1, 0.15) is 0 Å². The van der Waals surface area contributed by atoms with Crippen LogP contribution in [0.2, 0.25) is 0 Å². The molecule has 0 aliphatic heterocycles. The molecule has 0 spiro atoms. The summed E-state index contributed by atoms with van der Waals surface area (Å²) in [7, 11) is -3.94. The Balaban J connectivity index is 1.44. The number of H-pyrrole nitrogens is 1. The number of aromatic amines is 1. The fourth-order valence-corrected chi connectivity index (χ4v) is 3.71. The zero-order valence-corrected chi connectivity index (χ0v) is 17.9. The summed E-state index contributed by atoms with van der Waals surface area (Å²) in [6.07, 6.45) is -0.151. The Kier molecular flexibility index (Phi) is 6.85. The van der Waals surface area contributed by atoms with Gasteiger partial charge in [0, 0.05) is 17.6 Å². The first-order valence-corrected chi connectivity index (χ1v) is 11.0. The van der Waals surface area contributed by atoms with E-state index in [4.69, 9.17) is 9.88 Å². The molecule has 5 N–H and O–H groups in total. The van der Waals surface area contributed by atoms with Gasteiger partial charge in [0.05, 0.1) is 16.8 Å². The lowest BCUT2D eigenvalue weighted by molar-refractivity contribution is -0.147. The molecule has 0 aliphatic rings. The number of aromatic nitrogens is 2. The second-order valence-electron chi connectivity index (χ2n) is 6.86. The van der Waals surface area contributed by atoms with E-state index in [9.17, 15) is 22.8 Å². The molecule has 3 aromatic rings. The molecule has 0 bridgehead atoms. The summed E-state index contributed by atoms with van der Waals surface area (Å²) in [5, 5.41) is 17.5. The molecule has 2 aromatic carbocycles. The van der Waals surface area contributed by atoms with E-state index < -0.39 is 34.4 Å². The lowest BCUT2D eigenvalue weighted by Crippen LogP contribution is -2.28. The van der Waals surface area contributed by atoms with Crippen LogP contribution in [0.25, 0.3) is 10.9 Å². The fourth-order valence-electron chi connectivity index (χ4n) is 2.90. The van der Waals surface area contributed by atoms with Gasteiger partial charge in [0.2, 0.25) is 10.0 Å². The van der Waals surface area contributed by atoms with Crippen LogP contribution in [0.4, 0.5) is 5.69 Å². The van der Waals surface area contributed by atoms with Crippen LogP contribution in [0.15, 0.2) is 47.4 Å². The van der Waals surface area contributed by atoms with Crippen molar-refractivity contribution in [3.05, 3.63) is 53.7 Å². The smallest absolute Gasteiger partial charge is 0.308 e. The van der Waals surface area contributed by atoms with Crippen molar-refractivity contribution in [1.29, 1.82) is 0 Å². The van der Waals surface area contributed by atoms with Crippen molar-refractivity contribution in [1.82, 2.24) is 15.5 Å². The molecule has 32 heavy (non-hydrogen) atoms. The number of para-hydroxylation sites is 1. The topological polar surface area (TPSA) is 173 Å². The molecule has 0 saturated heterocycles. The number of hydrogen-bond donors (Lipinski definition) is 4. The molecule has 1 aromatic heterocycles. The molecule has 0 radical (unpaired) electrons. The number of nitrogens with two attached hydrogens (primary N) is 1. The average Bonchev–Trinajstić information content (AvgIpc) is 3.17. The van der Waals surface area contributed by atoms with E-state index in [1.165, 1.54) is 18.2 Å². The van der Waals surface area contributed by atoms with Gasteiger partial charge >= 0.3 is 5.97 Å². The van der Waals surface area contributed by atoms with Crippen LogP contribution < -0.4 is 15.8 Å². The van der Waals surface area contributed by atoms with Gasteiger partial charge in [-0.3, -0.25) is 19.5 Å². The minimum absolute atomic E-state index is 0.00382. The van der Waals surface area contributed by atoms with Crippen molar-refractivity contribution in [3.63, 3.8) is 0 Å². The Hall–Kier alpha value is -3.77. The molecule has 168 valence electrons. The van der Waals surface area contributed by atoms with Gasteiger partial charge in [-0.2, -0.15) is 5.10 Å². The number of sulfonamides is 1. The molecule has 1 heterocycles. The molecule has 0 unspecified atom stereocenters. The number of nitrogens with one attached hydrogen (secondary N) is 3. The maximum atomic E-state index is 12.2. The van der Waals surface area contributed by atoms with Crippen molar-refractivity contribution < 1.29 is 27.5 Å². The number of primary sulfonamides is 1. The maximum absolute atomic E-state index is 12.2. The highest BCUT2D eigenvalue weighted by Gasteiger charge is 2.16. The standard InChI is InChI=1S/C20H21N5O6S/c1-12-6-7-13(10-16(12)32(21,29)30)23-17(26)11-31-18(27)8-9-22-20(28)19-14-4-2-3-5-15(14)24-25-19/h2-7,10H,8-9,11H2,1H3,(H,22,28)(H,23,26)(H,24,25)(H2,21,29,30). The van der Waals surface area contributed by atoms with Crippen LogP contribution in [-0.4, -0.2) is 49.6 Å². The Labute approximate surface area is 183 Å². The predicted molar refractivity (Wildman–Crippen MR) is 115 cm³/mol. The minimum Gasteiger partial charge on any atom is -0.456 e. The highest BCUT2D eigenvalue weighted by molar-refractivity contribution is 7.89. The number of fused-ring (bicyclic) bond motifs is 1. The van der Waals surface area contributed by atoms with Crippen LogP contribution in [0.3, 0.4) is 0 Å². The number of rotatable bonds is 8. The zero-order valence-electron chi connectivity index (χ0n) is 17.0. The average molecular weight is 459 g/mol. The van der Waals surface area contributed by atoms with Crippen LogP contribution in [0, 0.1) is 6.92 Å². The SMILES string of the molecule is Cc1ccc(NC(=O)COC(=O)CCNC(=O)c2n[nH]c3ccccc23)cc1S(N)(=O)=O. The highest BCUT2D eigenvalue weighted by Crippen LogP contribution is 2.19. The van der Waals surface area contributed by atoms with Gasteiger partial charge in [-0.25, -0.2) is 13.6 Å². The predicted octanol–water partition coefficient (Wildman–Crippen LogP) is 0.821. The Morgan fingerprint density at radius 1 is 1.16 bits per heavy atom. The van der Waals surface area contributed by atoms with Crippen LogP contribution in [-0.2, 0) is 24.3 Å². The fraction of sp³-hybridized carbons (Fsp3) is 0.200. The van der Waals surface area contributed by atoms with E-state index in [2.05, 4.69) is 20.8 Å². The number of aryl methyl sites for hydroxylation is 1. The van der Waals surface area contributed by atoms with E-state index in [1.807, 2.05) is 6.07 Å². The quantitative estimate of drug-likeness (QED) is 0.361. The summed E-state index contributed by atoms with van der Waals surface area (Å²) in [6.45, 7) is 0.992. The number of anilines is 1. The Bertz CT molecular complexity index is 1280. The van der Waals surface area contributed by atoms with E-state index in [0.29, 0.717) is 16.5 Å². The van der Waals surface area contributed by atoms with Crippen molar-refractivity contribution in [2.45, 2.75) is 18.2 Å². The molecule has 0 aliphatic carbocycles. The van der Waals surface area contributed by atoms with E-state index in [-0.39, 0.29) is 29.2 Å². The molecule has 3 rings (SSSR count). The highest BCUT2D eigenvalue weighted by atomic mass is 32.2. The molecule has 0 fully saturated rings.